The van der Waals surface area contributed by atoms with E-state index in [-0.39, 0.29) is 11.9 Å². The Kier molecular flexibility index (Phi) is 7.31. The van der Waals surface area contributed by atoms with Gasteiger partial charge in [-0.2, -0.15) is 0 Å². The van der Waals surface area contributed by atoms with E-state index in [1.807, 2.05) is 24.3 Å². The molecule has 0 atom stereocenters. The second kappa shape index (κ2) is 10.1. The van der Waals surface area contributed by atoms with Gasteiger partial charge in [-0.1, -0.05) is 36.4 Å². The van der Waals surface area contributed by atoms with Crippen molar-refractivity contribution in [3.05, 3.63) is 59.7 Å². The summed E-state index contributed by atoms with van der Waals surface area (Å²) in [4.78, 5) is 14.8. The number of aryl methyl sites for hydroxylation is 1. The van der Waals surface area contributed by atoms with Gasteiger partial charge in [0, 0.05) is 32.1 Å². The van der Waals surface area contributed by atoms with E-state index >= 15 is 0 Å². The minimum absolute atomic E-state index is 0.122. The smallest absolute Gasteiger partial charge is 0.220 e. The van der Waals surface area contributed by atoms with Crippen LogP contribution in [0.5, 0.6) is 11.5 Å². The first-order valence-electron chi connectivity index (χ1n) is 9.94. The molecule has 28 heavy (non-hydrogen) atoms. The van der Waals surface area contributed by atoms with Crippen LogP contribution in [0.3, 0.4) is 0 Å². The Morgan fingerprint density at radius 1 is 1.00 bits per heavy atom. The van der Waals surface area contributed by atoms with Crippen molar-refractivity contribution in [1.29, 1.82) is 0 Å². The third-order valence-corrected chi connectivity index (χ3v) is 5.29. The molecule has 0 radical (unpaired) electrons. The Balaban J connectivity index is 1.40. The molecule has 1 aliphatic heterocycles. The van der Waals surface area contributed by atoms with E-state index in [4.69, 9.17) is 9.47 Å². The zero-order valence-electron chi connectivity index (χ0n) is 16.8. The summed E-state index contributed by atoms with van der Waals surface area (Å²) in [7, 11) is 3.24. The summed E-state index contributed by atoms with van der Waals surface area (Å²) in [5.41, 5.74) is 2.42. The van der Waals surface area contributed by atoms with E-state index in [9.17, 15) is 4.79 Å². The number of amides is 1. The molecule has 2 aromatic rings. The number of hydrogen-bond acceptors (Lipinski definition) is 4. The molecule has 2 aromatic carbocycles. The first-order valence-corrected chi connectivity index (χ1v) is 9.94. The Labute approximate surface area is 167 Å². The van der Waals surface area contributed by atoms with E-state index in [0.29, 0.717) is 24.3 Å². The molecule has 1 fully saturated rings. The monoisotopic (exact) mass is 382 g/mol. The quantitative estimate of drug-likeness (QED) is 0.760. The van der Waals surface area contributed by atoms with Crippen LogP contribution < -0.4 is 14.8 Å². The van der Waals surface area contributed by atoms with Gasteiger partial charge in [-0.05, 0) is 42.5 Å². The number of rotatable bonds is 8. The maximum Gasteiger partial charge on any atom is 0.220 e. The number of methoxy groups -OCH3 is 2. The van der Waals surface area contributed by atoms with Gasteiger partial charge in [-0.25, -0.2) is 0 Å². The standard InChI is InChI=1S/C23H30N2O3/c1-27-21-10-8-18(16-22(21)28-2)9-11-23(26)24-20-12-14-25(15-13-20)17-19-6-4-3-5-7-19/h3-8,10,16,20H,9,11-15,17H2,1-2H3,(H,24,26). The average molecular weight is 383 g/mol. The van der Waals surface area contributed by atoms with Crippen molar-refractivity contribution in [2.24, 2.45) is 0 Å². The van der Waals surface area contributed by atoms with Gasteiger partial charge in [0.15, 0.2) is 11.5 Å². The topological polar surface area (TPSA) is 50.8 Å². The Bertz CT molecular complexity index is 756. The molecule has 0 unspecified atom stereocenters. The van der Waals surface area contributed by atoms with Crippen LogP contribution in [0.4, 0.5) is 0 Å². The molecule has 0 spiro atoms. The summed E-state index contributed by atoms with van der Waals surface area (Å²) >= 11 is 0. The summed E-state index contributed by atoms with van der Waals surface area (Å²) in [6, 6.07) is 16.6. The van der Waals surface area contributed by atoms with E-state index < -0.39 is 0 Å². The fourth-order valence-corrected chi connectivity index (χ4v) is 3.67. The van der Waals surface area contributed by atoms with Crippen molar-refractivity contribution < 1.29 is 14.3 Å². The molecule has 1 aliphatic rings. The molecule has 0 aliphatic carbocycles. The molecule has 150 valence electrons. The summed E-state index contributed by atoms with van der Waals surface area (Å²) in [5, 5.41) is 3.20. The van der Waals surface area contributed by atoms with Gasteiger partial charge in [0.1, 0.15) is 0 Å². The zero-order chi connectivity index (χ0) is 19.8. The number of nitrogens with one attached hydrogen (secondary N) is 1. The highest BCUT2D eigenvalue weighted by atomic mass is 16.5. The van der Waals surface area contributed by atoms with Crippen molar-refractivity contribution in [3.63, 3.8) is 0 Å². The lowest BCUT2D eigenvalue weighted by Crippen LogP contribution is -2.44. The van der Waals surface area contributed by atoms with Crippen LogP contribution in [0.15, 0.2) is 48.5 Å². The third-order valence-electron chi connectivity index (χ3n) is 5.29. The number of piperidine rings is 1. The minimum Gasteiger partial charge on any atom is -0.493 e. The van der Waals surface area contributed by atoms with Crippen LogP contribution in [0.25, 0.3) is 0 Å². The highest BCUT2D eigenvalue weighted by Gasteiger charge is 2.20. The van der Waals surface area contributed by atoms with Crippen molar-refractivity contribution in [2.75, 3.05) is 27.3 Å². The number of likely N-dealkylation sites (tertiary alicyclic amines) is 1. The normalized spacial score (nSPS) is 15.2. The van der Waals surface area contributed by atoms with Gasteiger partial charge >= 0.3 is 0 Å². The van der Waals surface area contributed by atoms with Gasteiger partial charge in [-0.3, -0.25) is 9.69 Å². The maximum absolute atomic E-state index is 12.4. The van der Waals surface area contributed by atoms with Crippen LogP contribution >= 0.6 is 0 Å². The van der Waals surface area contributed by atoms with Crippen molar-refractivity contribution in [1.82, 2.24) is 10.2 Å². The second-order valence-electron chi connectivity index (χ2n) is 7.29. The minimum atomic E-state index is 0.122. The lowest BCUT2D eigenvalue weighted by Gasteiger charge is -2.32. The Morgan fingerprint density at radius 2 is 1.71 bits per heavy atom. The summed E-state index contributed by atoms with van der Waals surface area (Å²) < 4.78 is 10.6. The van der Waals surface area contributed by atoms with Gasteiger partial charge < -0.3 is 14.8 Å². The molecule has 0 saturated carbocycles. The molecule has 1 heterocycles. The lowest BCUT2D eigenvalue weighted by atomic mass is 10.0. The number of carbonyl (C=O) groups excluding carboxylic acids is 1. The fraction of sp³-hybridized carbons (Fsp3) is 0.435. The summed E-state index contributed by atoms with van der Waals surface area (Å²) in [5.74, 6) is 1.53. The molecule has 1 N–H and O–H groups in total. The van der Waals surface area contributed by atoms with Crippen LogP contribution in [0, 0.1) is 0 Å². The number of nitrogens with zero attached hydrogens (tertiary/aromatic N) is 1. The molecule has 1 amide bonds. The van der Waals surface area contributed by atoms with Gasteiger partial charge in [0.2, 0.25) is 5.91 Å². The van der Waals surface area contributed by atoms with Crippen molar-refractivity contribution >= 4 is 5.91 Å². The van der Waals surface area contributed by atoms with Gasteiger partial charge in [0.05, 0.1) is 14.2 Å². The van der Waals surface area contributed by atoms with Crippen molar-refractivity contribution in [3.8, 4) is 11.5 Å². The predicted octanol–water partition coefficient (Wildman–Crippen LogP) is 3.42. The zero-order valence-corrected chi connectivity index (χ0v) is 16.8. The Morgan fingerprint density at radius 3 is 2.39 bits per heavy atom. The Hall–Kier alpha value is -2.53. The van der Waals surface area contributed by atoms with Crippen LogP contribution in [-0.2, 0) is 17.8 Å². The highest BCUT2D eigenvalue weighted by Crippen LogP contribution is 2.28. The van der Waals surface area contributed by atoms with Gasteiger partial charge in [-0.15, -0.1) is 0 Å². The first kappa shape index (κ1) is 20.2. The number of hydrogen-bond donors (Lipinski definition) is 1. The average Bonchev–Trinajstić information content (AvgIpc) is 2.74. The van der Waals surface area contributed by atoms with E-state index in [2.05, 4.69) is 34.5 Å². The summed E-state index contributed by atoms with van der Waals surface area (Å²) in [6.45, 7) is 3.03. The molecular formula is C23H30N2O3. The second-order valence-corrected chi connectivity index (χ2v) is 7.29. The lowest BCUT2D eigenvalue weighted by molar-refractivity contribution is -0.122. The third kappa shape index (κ3) is 5.73. The predicted molar refractivity (Wildman–Crippen MR) is 111 cm³/mol. The molecule has 5 nitrogen and oxygen atoms in total. The van der Waals surface area contributed by atoms with Crippen LogP contribution in [0.2, 0.25) is 0 Å². The SMILES string of the molecule is COc1ccc(CCC(=O)NC2CCN(Cc3ccccc3)CC2)cc1OC. The van der Waals surface area contributed by atoms with Crippen LogP contribution in [-0.4, -0.2) is 44.2 Å². The first-order chi connectivity index (χ1) is 13.7. The maximum atomic E-state index is 12.4. The highest BCUT2D eigenvalue weighted by molar-refractivity contribution is 5.76. The van der Waals surface area contributed by atoms with E-state index in [0.717, 1.165) is 38.0 Å². The molecule has 0 aromatic heterocycles. The molecular weight excluding hydrogens is 352 g/mol. The largest absolute Gasteiger partial charge is 0.493 e. The van der Waals surface area contributed by atoms with Crippen LogP contribution in [0.1, 0.15) is 30.4 Å². The molecule has 0 bridgehead atoms. The van der Waals surface area contributed by atoms with E-state index in [1.54, 1.807) is 14.2 Å². The molecule has 1 saturated heterocycles. The van der Waals surface area contributed by atoms with Gasteiger partial charge in [0.25, 0.3) is 0 Å². The fourth-order valence-electron chi connectivity index (χ4n) is 3.67. The number of carbonyl (C=O) groups is 1. The molecule has 3 rings (SSSR count). The van der Waals surface area contributed by atoms with E-state index in [1.165, 1.54) is 5.56 Å². The molecule has 5 heteroatoms. The summed E-state index contributed by atoms with van der Waals surface area (Å²) in [6.07, 6.45) is 3.20. The number of ether oxygens (including phenoxy) is 2. The number of benzene rings is 2. The van der Waals surface area contributed by atoms with Crippen molar-refractivity contribution in [2.45, 2.75) is 38.3 Å².